The van der Waals surface area contributed by atoms with Crippen molar-refractivity contribution in [2.75, 3.05) is 23.7 Å². The van der Waals surface area contributed by atoms with Crippen LogP contribution in [0.3, 0.4) is 0 Å². The van der Waals surface area contributed by atoms with Crippen LogP contribution in [-0.4, -0.2) is 33.7 Å². The van der Waals surface area contributed by atoms with Crippen LogP contribution in [0, 0.1) is 0 Å². The van der Waals surface area contributed by atoms with Crippen molar-refractivity contribution < 1.29 is 13.2 Å². The van der Waals surface area contributed by atoms with Gasteiger partial charge in [0, 0.05) is 25.0 Å². The molecule has 2 aromatic rings. The minimum absolute atomic E-state index is 0.0928. The van der Waals surface area contributed by atoms with Crippen LogP contribution in [0.4, 0.5) is 5.69 Å². The van der Waals surface area contributed by atoms with Gasteiger partial charge in [0.25, 0.3) is 0 Å². The average molecular weight is 395 g/mol. The van der Waals surface area contributed by atoms with Crippen molar-refractivity contribution in [2.24, 2.45) is 0 Å². The average Bonchev–Trinajstić information content (AvgIpc) is 2.62. The van der Waals surface area contributed by atoms with E-state index >= 15 is 0 Å². The second kappa shape index (κ2) is 9.59. The highest BCUT2D eigenvalue weighted by Gasteiger charge is 2.18. The van der Waals surface area contributed by atoms with Gasteiger partial charge in [0.2, 0.25) is 15.9 Å². The van der Waals surface area contributed by atoms with Gasteiger partial charge in [0.1, 0.15) is 0 Å². The van der Waals surface area contributed by atoms with Gasteiger partial charge in [-0.2, -0.15) is 0 Å². The first-order valence-electron chi connectivity index (χ1n) is 8.41. The molecule has 0 aliphatic heterocycles. The molecule has 2 aromatic carbocycles. The van der Waals surface area contributed by atoms with E-state index in [4.69, 9.17) is 11.6 Å². The SMILES string of the molecule is CN(c1ccccc1)S(=O)(=O)CCNC(=O)CCCc1cccc(Cl)c1. The molecule has 0 heterocycles. The molecule has 0 aliphatic carbocycles. The van der Waals surface area contributed by atoms with E-state index in [9.17, 15) is 13.2 Å². The number of amides is 1. The number of nitrogens with one attached hydrogen (secondary N) is 1. The lowest BCUT2D eigenvalue weighted by Crippen LogP contribution is -2.35. The molecular weight excluding hydrogens is 372 g/mol. The van der Waals surface area contributed by atoms with E-state index in [-0.39, 0.29) is 18.2 Å². The van der Waals surface area contributed by atoms with Crippen molar-refractivity contribution in [1.82, 2.24) is 5.32 Å². The van der Waals surface area contributed by atoms with Crippen LogP contribution in [0.2, 0.25) is 5.02 Å². The number of para-hydroxylation sites is 1. The number of nitrogens with zero attached hydrogens (tertiary/aromatic N) is 1. The Balaban J connectivity index is 1.72. The van der Waals surface area contributed by atoms with Crippen molar-refractivity contribution in [3.8, 4) is 0 Å². The molecule has 0 fully saturated rings. The highest BCUT2D eigenvalue weighted by atomic mass is 35.5. The largest absolute Gasteiger partial charge is 0.355 e. The fourth-order valence-corrected chi connectivity index (χ4v) is 3.78. The minimum Gasteiger partial charge on any atom is -0.355 e. The summed E-state index contributed by atoms with van der Waals surface area (Å²) >= 11 is 5.93. The molecule has 0 radical (unpaired) electrons. The summed E-state index contributed by atoms with van der Waals surface area (Å²) < 4.78 is 25.8. The number of carbonyl (C=O) groups is 1. The van der Waals surface area contributed by atoms with Gasteiger partial charge < -0.3 is 5.32 Å². The van der Waals surface area contributed by atoms with E-state index in [2.05, 4.69) is 5.32 Å². The molecule has 0 spiro atoms. The molecule has 1 amide bonds. The van der Waals surface area contributed by atoms with Crippen molar-refractivity contribution in [3.63, 3.8) is 0 Å². The zero-order valence-electron chi connectivity index (χ0n) is 14.7. The molecule has 26 heavy (non-hydrogen) atoms. The third kappa shape index (κ3) is 6.35. The van der Waals surface area contributed by atoms with E-state index in [0.29, 0.717) is 23.6 Å². The van der Waals surface area contributed by atoms with E-state index in [0.717, 1.165) is 12.0 Å². The first-order chi connectivity index (χ1) is 12.4. The number of carbonyl (C=O) groups excluding carboxylic acids is 1. The van der Waals surface area contributed by atoms with Crippen molar-refractivity contribution >= 4 is 33.2 Å². The lowest BCUT2D eigenvalue weighted by Gasteiger charge is -2.19. The molecule has 2 rings (SSSR count). The Morgan fingerprint density at radius 3 is 2.54 bits per heavy atom. The monoisotopic (exact) mass is 394 g/mol. The summed E-state index contributed by atoms with van der Waals surface area (Å²) in [7, 11) is -1.96. The Bertz CT molecular complexity index is 826. The van der Waals surface area contributed by atoms with Gasteiger partial charge in [0.15, 0.2) is 0 Å². The lowest BCUT2D eigenvalue weighted by atomic mass is 10.1. The first kappa shape index (κ1) is 20.3. The Morgan fingerprint density at radius 2 is 1.85 bits per heavy atom. The van der Waals surface area contributed by atoms with Crippen LogP contribution >= 0.6 is 11.6 Å². The molecule has 7 heteroatoms. The van der Waals surface area contributed by atoms with Gasteiger partial charge in [-0.1, -0.05) is 41.9 Å². The van der Waals surface area contributed by atoms with E-state index in [1.807, 2.05) is 30.3 Å². The molecule has 0 saturated heterocycles. The zero-order chi connectivity index (χ0) is 19.0. The van der Waals surface area contributed by atoms with Gasteiger partial charge in [-0.3, -0.25) is 9.10 Å². The number of benzene rings is 2. The maximum absolute atomic E-state index is 12.3. The Labute approximate surface area is 160 Å². The van der Waals surface area contributed by atoms with Gasteiger partial charge in [-0.25, -0.2) is 8.42 Å². The highest BCUT2D eigenvalue weighted by Crippen LogP contribution is 2.15. The zero-order valence-corrected chi connectivity index (χ0v) is 16.3. The number of anilines is 1. The summed E-state index contributed by atoms with van der Waals surface area (Å²) in [5.74, 6) is -0.289. The predicted octanol–water partition coefficient (Wildman–Crippen LogP) is 3.25. The van der Waals surface area contributed by atoms with E-state index in [1.165, 1.54) is 11.4 Å². The number of hydrogen-bond acceptors (Lipinski definition) is 3. The fourth-order valence-electron chi connectivity index (χ4n) is 2.49. The van der Waals surface area contributed by atoms with Crippen LogP contribution < -0.4 is 9.62 Å². The summed E-state index contributed by atoms with van der Waals surface area (Å²) in [5.41, 5.74) is 1.68. The summed E-state index contributed by atoms with van der Waals surface area (Å²) in [6, 6.07) is 16.4. The van der Waals surface area contributed by atoms with Crippen LogP contribution in [0.15, 0.2) is 54.6 Å². The molecule has 0 unspecified atom stereocenters. The molecule has 0 saturated carbocycles. The Hall–Kier alpha value is -2.05. The van der Waals surface area contributed by atoms with Crippen molar-refractivity contribution in [1.29, 1.82) is 0 Å². The minimum atomic E-state index is -3.47. The summed E-state index contributed by atoms with van der Waals surface area (Å²) in [6.07, 6.45) is 1.78. The topological polar surface area (TPSA) is 66.5 Å². The molecule has 5 nitrogen and oxygen atoms in total. The molecule has 0 aliphatic rings. The lowest BCUT2D eigenvalue weighted by molar-refractivity contribution is -0.121. The van der Waals surface area contributed by atoms with Gasteiger partial charge in [-0.15, -0.1) is 0 Å². The molecule has 0 aromatic heterocycles. The van der Waals surface area contributed by atoms with E-state index < -0.39 is 10.0 Å². The quantitative estimate of drug-likeness (QED) is 0.709. The Morgan fingerprint density at radius 1 is 1.12 bits per heavy atom. The van der Waals surface area contributed by atoms with Crippen LogP contribution in [-0.2, 0) is 21.2 Å². The summed E-state index contributed by atoms with van der Waals surface area (Å²) in [4.78, 5) is 11.9. The third-order valence-corrected chi connectivity index (χ3v) is 5.98. The molecule has 140 valence electrons. The highest BCUT2D eigenvalue weighted by molar-refractivity contribution is 7.92. The number of rotatable bonds is 9. The maximum Gasteiger partial charge on any atom is 0.236 e. The second-order valence-corrected chi connectivity index (χ2v) is 8.51. The summed E-state index contributed by atoms with van der Waals surface area (Å²) in [6.45, 7) is 0.0928. The number of hydrogen-bond donors (Lipinski definition) is 1. The third-order valence-electron chi connectivity index (χ3n) is 3.98. The number of aryl methyl sites for hydroxylation is 1. The van der Waals surface area contributed by atoms with Crippen molar-refractivity contribution in [3.05, 3.63) is 65.2 Å². The fraction of sp³-hybridized carbons (Fsp3) is 0.316. The number of sulfonamides is 1. The van der Waals surface area contributed by atoms with Gasteiger partial charge in [0.05, 0.1) is 11.4 Å². The maximum atomic E-state index is 12.3. The predicted molar refractivity (Wildman–Crippen MR) is 106 cm³/mol. The second-order valence-electron chi connectivity index (χ2n) is 5.95. The molecular formula is C19H23ClN2O3S. The van der Waals surface area contributed by atoms with Crippen molar-refractivity contribution in [2.45, 2.75) is 19.3 Å². The first-order valence-corrected chi connectivity index (χ1v) is 10.4. The molecule has 0 bridgehead atoms. The van der Waals surface area contributed by atoms with Crippen LogP contribution in [0.5, 0.6) is 0 Å². The van der Waals surface area contributed by atoms with Gasteiger partial charge in [-0.05, 0) is 42.7 Å². The molecule has 0 atom stereocenters. The number of halogens is 1. The van der Waals surface area contributed by atoms with Gasteiger partial charge >= 0.3 is 0 Å². The standard InChI is InChI=1S/C19H23ClN2O3S/c1-22(18-10-3-2-4-11-18)26(24,25)14-13-21-19(23)12-6-8-16-7-5-9-17(20)15-16/h2-5,7,9-11,15H,6,8,12-14H2,1H3,(H,21,23). The molecule has 1 N–H and O–H groups in total. The Kier molecular flexibility index (Phi) is 7.48. The smallest absolute Gasteiger partial charge is 0.236 e. The van der Waals surface area contributed by atoms with E-state index in [1.54, 1.807) is 24.3 Å². The summed E-state index contributed by atoms with van der Waals surface area (Å²) in [5, 5.41) is 3.35. The van der Waals surface area contributed by atoms with Crippen LogP contribution in [0.1, 0.15) is 18.4 Å². The van der Waals surface area contributed by atoms with Crippen LogP contribution in [0.25, 0.3) is 0 Å². The normalized spacial score (nSPS) is 11.2.